The van der Waals surface area contributed by atoms with Gasteiger partial charge in [-0.1, -0.05) is 12.1 Å². The summed E-state index contributed by atoms with van der Waals surface area (Å²) in [5.74, 6) is -1.12. The minimum absolute atomic E-state index is 0.365. The Kier molecular flexibility index (Phi) is 5.71. The smallest absolute Gasteiger partial charge is 0.346 e. The summed E-state index contributed by atoms with van der Waals surface area (Å²) in [6.07, 6.45) is -4.44. The van der Waals surface area contributed by atoms with Gasteiger partial charge in [-0.2, -0.15) is 13.2 Å². The Morgan fingerprint density at radius 1 is 1.29 bits per heavy atom. The molecule has 0 saturated heterocycles. The number of carbonyl (C=O) groups excluding carboxylic acids is 1. The van der Waals surface area contributed by atoms with Crippen LogP contribution < -0.4 is 10.6 Å². The number of aryl methyl sites for hydroxylation is 1. The lowest BCUT2D eigenvalue weighted by Gasteiger charge is -2.20. The summed E-state index contributed by atoms with van der Waals surface area (Å²) in [6.45, 7) is 3.42. The van der Waals surface area contributed by atoms with E-state index in [1.54, 1.807) is 31.3 Å². The van der Waals surface area contributed by atoms with Gasteiger partial charge in [-0.05, 0) is 38.0 Å². The molecule has 0 spiro atoms. The third-order valence-corrected chi connectivity index (χ3v) is 3.05. The number of rotatable bonds is 5. The van der Waals surface area contributed by atoms with E-state index in [4.69, 9.17) is 0 Å². The molecule has 1 amide bonds. The maximum atomic E-state index is 13.5. The van der Waals surface area contributed by atoms with Crippen LogP contribution in [0.2, 0.25) is 0 Å². The molecule has 0 radical (unpaired) electrons. The highest BCUT2D eigenvalue weighted by molar-refractivity contribution is 5.81. The SMILES string of the molecule is Cc1ccc(C(C)NC(C)C(=O)NCC(F)(F)F)cc1F. The number of carbonyl (C=O) groups is 1. The number of amides is 1. The molecule has 0 heterocycles. The van der Waals surface area contributed by atoms with E-state index in [-0.39, 0.29) is 11.9 Å². The number of alkyl halides is 3. The van der Waals surface area contributed by atoms with E-state index in [1.165, 1.54) is 13.0 Å². The molecule has 1 aromatic carbocycles. The minimum Gasteiger partial charge on any atom is -0.346 e. The van der Waals surface area contributed by atoms with Crippen LogP contribution in [0.15, 0.2) is 18.2 Å². The van der Waals surface area contributed by atoms with Crippen LogP contribution in [0, 0.1) is 12.7 Å². The summed E-state index contributed by atoms with van der Waals surface area (Å²) in [5, 5.41) is 4.63. The topological polar surface area (TPSA) is 41.1 Å². The Hall–Kier alpha value is -1.63. The van der Waals surface area contributed by atoms with Gasteiger partial charge in [0.1, 0.15) is 12.4 Å². The van der Waals surface area contributed by atoms with Gasteiger partial charge in [0.05, 0.1) is 6.04 Å². The maximum Gasteiger partial charge on any atom is 0.405 e. The van der Waals surface area contributed by atoms with Gasteiger partial charge >= 0.3 is 6.18 Å². The fraction of sp³-hybridized carbons (Fsp3) is 0.500. The van der Waals surface area contributed by atoms with Gasteiger partial charge < -0.3 is 5.32 Å². The molecule has 2 unspecified atom stereocenters. The Morgan fingerprint density at radius 2 is 1.90 bits per heavy atom. The Labute approximate surface area is 120 Å². The zero-order chi connectivity index (χ0) is 16.2. The van der Waals surface area contributed by atoms with Gasteiger partial charge in [0, 0.05) is 6.04 Å². The second-order valence-electron chi connectivity index (χ2n) is 4.95. The standard InChI is InChI=1S/C14H18F4N2O/c1-8-4-5-11(6-12(8)15)9(2)20-10(3)13(21)19-7-14(16,17)18/h4-6,9-10,20H,7H2,1-3H3,(H,19,21). The average Bonchev–Trinajstić information content (AvgIpc) is 2.38. The summed E-state index contributed by atoms with van der Waals surface area (Å²) in [7, 11) is 0. The van der Waals surface area contributed by atoms with Crippen LogP contribution in [0.1, 0.15) is 31.0 Å². The van der Waals surface area contributed by atoms with Crippen molar-refractivity contribution in [2.24, 2.45) is 0 Å². The molecular formula is C14H18F4N2O. The predicted octanol–water partition coefficient (Wildman–Crippen LogP) is 2.85. The van der Waals surface area contributed by atoms with Crippen molar-refractivity contribution in [2.45, 2.75) is 39.0 Å². The lowest BCUT2D eigenvalue weighted by molar-refractivity contribution is -0.139. The fourth-order valence-electron chi connectivity index (χ4n) is 1.77. The van der Waals surface area contributed by atoms with Crippen LogP contribution in [0.3, 0.4) is 0 Å². The van der Waals surface area contributed by atoms with Crippen LogP contribution in [-0.2, 0) is 4.79 Å². The molecule has 0 fully saturated rings. The molecule has 0 bridgehead atoms. The quantitative estimate of drug-likeness (QED) is 0.821. The zero-order valence-electron chi connectivity index (χ0n) is 12.0. The number of benzene rings is 1. The molecule has 0 aliphatic carbocycles. The summed E-state index contributed by atoms with van der Waals surface area (Å²) in [4.78, 5) is 11.5. The molecule has 21 heavy (non-hydrogen) atoms. The first-order valence-electron chi connectivity index (χ1n) is 6.46. The van der Waals surface area contributed by atoms with Crippen molar-refractivity contribution in [3.63, 3.8) is 0 Å². The number of halogens is 4. The van der Waals surface area contributed by atoms with Crippen molar-refractivity contribution in [1.82, 2.24) is 10.6 Å². The van der Waals surface area contributed by atoms with Gasteiger partial charge in [-0.15, -0.1) is 0 Å². The van der Waals surface area contributed by atoms with E-state index < -0.39 is 24.7 Å². The molecule has 0 aromatic heterocycles. The van der Waals surface area contributed by atoms with Crippen LogP contribution in [0.5, 0.6) is 0 Å². The molecule has 0 saturated carbocycles. The number of hydrogen-bond acceptors (Lipinski definition) is 2. The summed E-state index contributed by atoms with van der Waals surface area (Å²) < 4.78 is 49.5. The van der Waals surface area contributed by atoms with E-state index in [0.29, 0.717) is 11.1 Å². The third-order valence-electron chi connectivity index (χ3n) is 3.05. The van der Waals surface area contributed by atoms with E-state index >= 15 is 0 Å². The fourth-order valence-corrected chi connectivity index (χ4v) is 1.77. The highest BCUT2D eigenvalue weighted by Crippen LogP contribution is 2.17. The summed E-state index contributed by atoms with van der Waals surface area (Å²) in [5.41, 5.74) is 1.12. The van der Waals surface area contributed by atoms with Gasteiger partial charge in [0.25, 0.3) is 0 Å². The third kappa shape index (κ3) is 5.71. The molecule has 2 N–H and O–H groups in total. The monoisotopic (exact) mass is 306 g/mol. The van der Waals surface area contributed by atoms with E-state index in [2.05, 4.69) is 5.32 Å². The van der Waals surface area contributed by atoms with Crippen molar-refractivity contribution in [2.75, 3.05) is 6.54 Å². The molecule has 2 atom stereocenters. The number of nitrogens with one attached hydrogen (secondary N) is 2. The van der Waals surface area contributed by atoms with Crippen molar-refractivity contribution in [1.29, 1.82) is 0 Å². The Morgan fingerprint density at radius 3 is 2.43 bits per heavy atom. The van der Waals surface area contributed by atoms with Crippen LogP contribution in [-0.4, -0.2) is 24.7 Å². The Balaban J connectivity index is 2.58. The average molecular weight is 306 g/mol. The first-order valence-corrected chi connectivity index (χ1v) is 6.46. The van der Waals surface area contributed by atoms with Gasteiger partial charge in [-0.25, -0.2) is 4.39 Å². The van der Waals surface area contributed by atoms with Gasteiger partial charge in [-0.3, -0.25) is 10.1 Å². The van der Waals surface area contributed by atoms with Crippen molar-refractivity contribution in [3.8, 4) is 0 Å². The van der Waals surface area contributed by atoms with Gasteiger partial charge in [0.15, 0.2) is 0 Å². The van der Waals surface area contributed by atoms with Crippen LogP contribution in [0.4, 0.5) is 17.6 Å². The Bertz CT molecular complexity index is 502. The minimum atomic E-state index is -4.44. The molecule has 1 rings (SSSR count). The zero-order valence-corrected chi connectivity index (χ0v) is 12.0. The summed E-state index contributed by atoms with van der Waals surface area (Å²) >= 11 is 0. The van der Waals surface area contributed by atoms with E-state index in [0.717, 1.165) is 0 Å². The number of hydrogen-bond donors (Lipinski definition) is 2. The predicted molar refractivity (Wildman–Crippen MR) is 71.2 cm³/mol. The van der Waals surface area contributed by atoms with Crippen molar-refractivity contribution in [3.05, 3.63) is 35.1 Å². The first kappa shape index (κ1) is 17.4. The first-order chi connectivity index (χ1) is 9.60. The molecule has 3 nitrogen and oxygen atoms in total. The van der Waals surface area contributed by atoms with Gasteiger partial charge in [0.2, 0.25) is 5.91 Å². The highest BCUT2D eigenvalue weighted by atomic mass is 19.4. The molecule has 7 heteroatoms. The largest absolute Gasteiger partial charge is 0.405 e. The summed E-state index contributed by atoms with van der Waals surface area (Å²) in [6, 6.07) is 3.46. The molecule has 0 aliphatic rings. The lowest BCUT2D eigenvalue weighted by atomic mass is 10.1. The molecule has 0 aliphatic heterocycles. The second kappa shape index (κ2) is 6.89. The second-order valence-corrected chi connectivity index (χ2v) is 4.95. The molecular weight excluding hydrogens is 288 g/mol. The highest BCUT2D eigenvalue weighted by Gasteiger charge is 2.28. The van der Waals surface area contributed by atoms with E-state index in [9.17, 15) is 22.4 Å². The van der Waals surface area contributed by atoms with Crippen LogP contribution in [0.25, 0.3) is 0 Å². The lowest BCUT2D eigenvalue weighted by Crippen LogP contribution is -2.45. The molecule has 1 aromatic rings. The molecule has 118 valence electrons. The van der Waals surface area contributed by atoms with Crippen LogP contribution >= 0.6 is 0 Å². The maximum absolute atomic E-state index is 13.5. The van der Waals surface area contributed by atoms with Crippen molar-refractivity contribution >= 4 is 5.91 Å². The normalized spacial score (nSPS) is 14.6. The van der Waals surface area contributed by atoms with E-state index in [1.807, 2.05) is 0 Å². The van der Waals surface area contributed by atoms with Crippen molar-refractivity contribution < 1.29 is 22.4 Å².